The number of hydrogen-bond acceptors (Lipinski definition) is 1. The van der Waals surface area contributed by atoms with Crippen molar-refractivity contribution in [1.82, 2.24) is 0 Å². The molecule has 1 aliphatic carbocycles. The summed E-state index contributed by atoms with van der Waals surface area (Å²) >= 11 is 0. The maximum absolute atomic E-state index is 11.4. The Morgan fingerprint density at radius 3 is 1.80 bits per heavy atom. The molecular formula is C18H34O2. The van der Waals surface area contributed by atoms with Gasteiger partial charge in [-0.1, -0.05) is 71.1 Å². The zero-order valence-electron chi connectivity index (χ0n) is 13.6. The number of rotatable bonds is 13. The molecule has 20 heavy (non-hydrogen) atoms. The summed E-state index contributed by atoms with van der Waals surface area (Å²) in [7, 11) is 0. The Hall–Kier alpha value is -0.530. The standard InChI is InChI=1S/C18H34O2/c1-3-4-5-6-7-8-9-10-11-12-15-18(2,17(19)20)16-13-14-16/h16H,3-15H2,1-2H3,(H,19,20). The van der Waals surface area contributed by atoms with E-state index >= 15 is 0 Å². The number of aliphatic carboxylic acids is 1. The van der Waals surface area contributed by atoms with Crippen LogP contribution in [0.2, 0.25) is 0 Å². The van der Waals surface area contributed by atoms with Gasteiger partial charge in [0.2, 0.25) is 0 Å². The van der Waals surface area contributed by atoms with Crippen LogP contribution in [0.5, 0.6) is 0 Å². The molecule has 1 fully saturated rings. The van der Waals surface area contributed by atoms with Crippen molar-refractivity contribution in [3.8, 4) is 0 Å². The Kier molecular flexibility index (Phi) is 8.25. The molecule has 1 unspecified atom stereocenters. The fourth-order valence-electron chi connectivity index (χ4n) is 3.19. The molecule has 1 rings (SSSR count). The number of carboxylic acids is 1. The van der Waals surface area contributed by atoms with Crippen LogP contribution in [0, 0.1) is 11.3 Å². The maximum atomic E-state index is 11.4. The summed E-state index contributed by atoms with van der Waals surface area (Å²) in [5.41, 5.74) is -0.430. The van der Waals surface area contributed by atoms with Crippen LogP contribution < -0.4 is 0 Å². The van der Waals surface area contributed by atoms with Crippen LogP contribution in [0.4, 0.5) is 0 Å². The molecule has 1 atom stereocenters. The summed E-state index contributed by atoms with van der Waals surface area (Å²) in [4.78, 5) is 11.4. The molecule has 0 saturated heterocycles. The zero-order valence-corrected chi connectivity index (χ0v) is 13.6. The van der Waals surface area contributed by atoms with E-state index in [1.54, 1.807) is 0 Å². The largest absolute Gasteiger partial charge is 0.481 e. The summed E-state index contributed by atoms with van der Waals surface area (Å²) in [6.45, 7) is 4.22. The van der Waals surface area contributed by atoms with E-state index in [2.05, 4.69) is 6.92 Å². The van der Waals surface area contributed by atoms with Crippen LogP contribution in [0.3, 0.4) is 0 Å². The van der Waals surface area contributed by atoms with Crippen LogP contribution in [-0.2, 0) is 4.79 Å². The summed E-state index contributed by atoms with van der Waals surface area (Å²) in [6, 6.07) is 0. The Labute approximate surface area is 125 Å². The molecule has 1 N–H and O–H groups in total. The van der Waals surface area contributed by atoms with Gasteiger partial charge in [-0.05, 0) is 32.1 Å². The van der Waals surface area contributed by atoms with E-state index in [1.165, 1.54) is 57.8 Å². The van der Waals surface area contributed by atoms with Crippen molar-refractivity contribution in [1.29, 1.82) is 0 Å². The SMILES string of the molecule is CCCCCCCCCCCCC(C)(C(=O)O)C1CC1. The van der Waals surface area contributed by atoms with Gasteiger partial charge in [0.15, 0.2) is 0 Å². The lowest BCUT2D eigenvalue weighted by Gasteiger charge is -2.24. The first-order valence-corrected chi connectivity index (χ1v) is 8.84. The molecule has 0 bridgehead atoms. The molecule has 0 aromatic heterocycles. The molecule has 0 aromatic rings. The lowest BCUT2D eigenvalue weighted by Crippen LogP contribution is -2.29. The molecule has 2 nitrogen and oxygen atoms in total. The highest BCUT2D eigenvalue weighted by Crippen LogP contribution is 2.48. The molecule has 0 heterocycles. The minimum Gasteiger partial charge on any atom is -0.481 e. The maximum Gasteiger partial charge on any atom is 0.309 e. The highest BCUT2D eigenvalue weighted by atomic mass is 16.4. The summed E-state index contributed by atoms with van der Waals surface area (Å²) < 4.78 is 0. The average molecular weight is 282 g/mol. The third-order valence-electron chi connectivity index (χ3n) is 5.02. The Morgan fingerprint density at radius 1 is 0.950 bits per heavy atom. The first-order chi connectivity index (χ1) is 9.61. The van der Waals surface area contributed by atoms with E-state index < -0.39 is 11.4 Å². The lowest BCUT2D eigenvalue weighted by molar-refractivity contribution is -0.149. The lowest BCUT2D eigenvalue weighted by atomic mass is 9.80. The van der Waals surface area contributed by atoms with Gasteiger partial charge in [-0.15, -0.1) is 0 Å². The first-order valence-electron chi connectivity index (χ1n) is 8.84. The topological polar surface area (TPSA) is 37.3 Å². The molecule has 0 radical (unpaired) electrons. The fraction of sp³-hybridized carbons (Fsp3) is 0.944. The van der Waals surface area contributed by atoms with E-state index in [0.29, 0.717) is 5.92 Å². The molecule has 0 aromatic carbocycles. The van der Waals surface area contributed by atoms with Gasteiger partial charge in [0.05, 0.1) is 5.41 Å². The van der Waals surface area contributed by atoms with Crippen molar-refractivity contribution in [2.45, 2.75) is 97.3 Å². The Balaban J connectivity index is 1.95. The van der Waals surface area contributed by atoms with Crippen LogP contribution in [0.15, 0.2) is 0 Å². The third kappa shape index (κ3) is 6.28. The van der Waals surface area contributed by atoms with Gasteiger partial charge in [0, 0.05) is 0 Å². The van der Waals surface area contributed by atoms with Gasteiger partial charge in [0.25, 0.3) is 0 Å². The second kappa shape index (κ2) is 9.41. The van der Waals surface area contributed by atoms with Crippen LogP contribution in [0.25, 0.3) is 0 Å². The zero-order chi connectivity index (χ0) is 14.8. The number of carbonyl (C=O) groups is 1. The molecule has 2 heteroatoms. The van der Waals surface area contributed by atoms with Gasteiger partial charge < -0.3 is 5.11 Å². The van der Waals surface area contributed by atoms with Crippen molar-refractivity contribution in [3.63, 3.8) is 0 Å². The number of carboxylic acid groups (broad SMARTS) is 1. The van der Waals surface area contributed by atoms with Crippen molar-refractivity contribution in [2.75, 3.05) is 0 Å². The van der Waals surface area contributed by atoms with Crippen molar-refractivity contribution < 1.29 is 9.90 Å². The fourth-order valence-corrected chi connectivity index (χ4v) is 3.19. The van der Waals surface area contributed by atoms with E-state index in [4.69, 9.17) is 0 Å². The minimum absolute atomic E-state index is 0.430. The van der Waals surface area contributed by atoms with Crippen molar-refractivity contribution in [2.24, 2.45) is 11.3 Å². The normalized spacial score (nSPS) is 17.9. The van der Waals surface area contributed by atoms with E-state index in [0.717, 1.165) is 25.7 Å². The molecule has 118 valence electrons. The van der Waals surface area contributed by atoms with E-state index in [1.807, 2.05) is 6.92 Å². The minimum atomic E-state index is -0.573. The molecule has 0 aliphatic heterocycles. The predicted molar refractivity (Wildman–Crippen MR) is 84.9 cm³/mol. The highest BCUT2D eigenvalue weighted by Gasteiger charge is 2.46. The van der Waals surface area contributed by atoms with E-state index in [9.17, 15) is 9.90 Å². The molecule has 0 spiro atoms. The second-order valence-corrected chi connectivity index (χ2v) is 6.93. The quantitative estimate of drug-likeness (QED) is 0.433. The molecule has 0 amide bonds. The van der Waals surface area contributed by atoms with Gasteiger partial charge in [-0.25, -0.2) is 0 Å². The third-order valence-corrected chi connectivity index (χ3v) is 5.02. The average Bonchev–Trinajstić information content (AvgIpc) is 3.25. The summed E-state index contributed by atoms with van der Waals surface area (Å²) in [5, 5.41) is 9.39. The predicted octanol–water partition coefficient (Wildman–Crippen LogP) is 5.80. The highest BCUT2D eigenvalue weighted by molar-refractivity contribution is 5.75. The molecule has 1 saturated carbocycles. The van der Waals surface area contributed by atoms with Crippen LogP contribution in [-0.4, -0.2) is 11.1 Å². The van der Waals surface area contributed by atoms with Crippen molar-refractivity contribution in [3.05, 3.63) is 0 Å². The van der Waals surface area contributed by atoms with Gasteiger partial charge >= 0.3 is 5.97 Å². The van der Waals surface area contributed by atoms with Crippen molar-refractivity contribution >= 4 is 5.97 Å². The Bertz CT molecular complexity index is 271. The monoisotopic (exact) mass is 282 g/mol. The molecule has 1 aliphatic rings. The van der Waals surface area contributed by atoms with Gasteiger partial charge in [-0.3, -0.25) is 4.79 Å². The van der Waals surface area contributed by atoms with E-state index in [-0.39, 0.29) is 0 Å². The second-order valence-electron chi connectivity index (χ2n) is 6.93. The van der Waals surface area contributed by atoms with Crippen LogP contribution >= 0.6 is 0 Å². The number of unbranched alkanes of at least 4 members (excludes halogenated alkanes) is 9. The molecular weight excluding hydrogens is 248 g/mol. The van der Waals surface area contributed by atoms with Gasteiger partial charge in [-0.2, -0.15) is 0 Å². The van der Waals surface area contributed by atoms with Crippen LogP contribution in [0.1, 0.15) is 97.3 Å². The summed E-state index contributed by atoms with van der Waals surface area (Å²) in [6.07, 6.45) is 16.3. The smallest absolute Gasteiger partial charge is 0.309 e. The Morgan fingerprint density at radius 2 is 1.40 bits per heavy atom. The summed E-state index contributed by atoms with van der Waals surface area (Å²) in [5.74, 6) is -0.116. The first kappa shape index (κ1) is 17.5. The van der Waals surface area contributed by atoms with Gasteiger partial charge in [0.1, 0.15) is 0 Å². The number of hydrogen-bond donors (Lipinski definition) is 1.